The van der Waals surface area contributed by atoms with Gasteiger partial charge in [-0.05, 0) is 37.7 Å². The van der Waals surface area contributed by atoms with Crippen molar-refractivity contribution in [2.45, 2.75) is 181 Å². The molecule has 0 spiro atoms. The van der Waals surface area contributed by atoms with Gasteiger partial charge in [-0.15, -0.1) is 0 Å². The topological polar surface area (TPSA) is 17.8 Å². The Hall–Kier alpha value is -1.57. The third kappa shape index (κ3) is 17.7. The molecule has 1 heterocycles. The van der Waals surface area contributed by atoms with E-state index in [1.54, 1.807) is 0 Å². The van der Waals surface area contributed by atoms with Crippen LogP contribution in [0.2, 0.25) is 0 Å². The molecule has 0 bridgehead atoms. The van der Waals surface area contributed by atoms with Crippen LogP contribution in [0.25, 0.3) is 0 Å². The van der Waals surface area contributed by atoms with Crippen molar-refractivity contribution in [3.05, 3.63) is 53.6 Å². The van der Waals surface area contributed by atoms with Crippen molar-refractivity contribution in [3.63, 3.8) is 0 Å². The van der Waals surface area contributed by atoms with Crippen LogP contribution in [0.1, 0.15) is 172 Å². The van der Waals surface area contributed by atoms with Gasteiger partial charge in [0.15, 0.2) is 0 Å². The van der Waals surface area contributed by atoms with Crippen LogP contribution in [0.4, 0.5) is 0 Å². The van der Waals surface area contributed by atoms with Gasteiger partial charge in [0.2, 0.25) is 0 Å². The molecule has 2 rings (SSSR count). The van der Waals surface area contributed by atoms with Crippen molar-refractivity contribution in [2.24, 2.45) is 0 Å². The third-order valence-electron chi connectivity index (χ3n) is 8.41. The van der Waals surface area contributed by atoms with Crippen LogP contribution in [-0.2, 0) is 25.8 Å². The molecule has 2 heteroatoms. The summed E-state index contributed by atoms with van der Waals surface area (Å²) >= 11 is 0. The summed E-state index contributed by atoms with van der Waals surface area (Å²) < 4.78 is 2.52. The Bertz CT molecular complexity index is 778. The zero-order chi connectivity index (χ0) is 27.6. The van der Waals surface area contributed by atoms with E-state index in [0.717, 1.165) is 25.8 Å². The first-order valence-corrected chi connectivity index (χ1v) is 17.4. The molecule has 2 nitrogen and oxygen atoms in total. The van der Waals surface area contributed by atoms with E-state index in [0.29, 0.717) is 0 Å². The van der Waals surface area contributed by atoms with Crippen molar-refractivity contribution in [2.75, 3.05) is 0 Å². The van der Waals surface area contributed by atoms with Gasteiger partial charge in [0, 0.05) is 19.2 Å². The number of imidazole rings is 1. The fourth-order valence-electron chi connectivity index (χ4n) is 5.86. The highest BCUT2D eigenvalue weighted by atomic mass is 15.1. The minimum absolute atomic E-state index is 1.10. The molecule has 0 aliphatic rings. The Labute approximate surface area is 243 Å². The second-order valence-electron chi connectivity index (χ2n) is 12.1. The predicted octanol–water partition coefficient (Wildman–Crippen LogP) is 11.8. The van der Waals surface area contributed by atoms with Crippen LogP contribution < -0.4 is 0 Å². The molecule has 0 aliphatic carbocycles. The maximum absolute atomic E-state index is 5.14. The second kappa shape index (κ2) is 24.2. The molecule has 0 saturated heterocycles. The maximum Gasteiger partial charge on any atom is 0.108 e. The average molecular weight is 537 g/mol. The zero-order valence-electron chi connectivity index (χ0n) is 26.2. The van der Waals surface area contributed by atoms with E-state index in [1.807, 2.05) is 0 Å². The number of benzene rings is 1. The average Bonchev–Trinajstić information content (AvgIpc) is 3.34. The summed E-state index contributed by atoms with van der Waals surface area (Å²) in [7, 11) is 0. The molecule has 0 saturated carbocycles. The highest BCUT2D eigenvalue weighted by Gasteiger charge is 2.08. The Morgan fingerprint density at radius 2 is 0.974 bits per heavy atom. The monoisotopic (exact) mass is 537 g/mol. The number of unbranched alkanes of at least 4 members (excludes halogenated alkanes) is 19. The lowest BCUT2D eigenvalue weighted by Gasteiger charge is -2.08. The number of aromatic nitrogens is 2. The van der Waals surface area contributed by atoms with Gasteiger partial charge in [0.1, 0.15) is 5.82 Å². The molecular formula is C37H64N2. The largest absolute Gasteiger partial charge is 0.335 e. The summed E-state index contributed by atoms with van der Waals surface area (Å²) in [5, 5.41) is 0. The summed E-state index contributed by atoms with van der Waals surface area (Å²) in [6, 6.07) is 10.9. The first-order valence-electron chi connectivity index (χ1n) is 17.4. The zero-order valence-corrected chi connectivity index (χ0v) is 26.2. The Morgan fingerprint density at radius 3 is 1.51 bits per heavy atom. The van der Waals surface area contributed by atoms with E-state index < -0.39 is 0 Å². The van der Waals surface area contributed by atoms with Gasteiger partial charge in [-0.2, -0.15) is 0 Å². The Balaban J connectivity index is 1.59. The molecule has 0 atom stereocenters. The molecule has 0 radical (unpaired) electrons. The van der Waals surface area contributed by atoms with Crippen LogP contribution in [0, 0.1) is 0 Å². The van der Waals surface area contributed by atoms with Crippen molar-refractivity contribution in [3.8, 4) is 0 Å². The molecule has 222 valence electrons. The van der Waals surface area contributed by atoms with E-state index in [-0.39, 0.29) is 0 Å². The van der Waals surface area contributed by atoms with Crippen molar-refractivity contribution < 1.29 is 0 Å². The Kier molecular flexibility index (Phi) is 20.9. The first kappa shape index (κ1) is 33.6. The van der Waals surface area contributed by atoms with Crippen LogP contribution in [-0.4, -0.2) is 9.55 Å². The Morgan fingerprint density at radius 1 is 0.487 bits per heavy atom. The maximum atomic E-state index is 5.14. The molecule has 1 aromatic carbocycles. The SMILES string of the molecule is CCCCCCCCCCCCCCCCCc1nc(CCCc2ccccc2)cn1CCCCCCCC. The number of hydrogen-bond donors (Lipinski definition) is 0. The van der Waals surface area contributed by atoms with Crippen molar-refractivity contribution >= 4 is 0 Å². The van der Waals surface area contributed by atoms with Gasteiger partial charge < -0.3 is 4.57 Å². The van der Waals surface area contributed by atoms with Crippen molar-refractivity contribution in [1.29, 1.82) is 0 Å². The van der Waals surface area contributed by atoms with Gasteiger partial charge in [-0.1, -0.05) is 166 Å². The van der Waals surface area contributed by atoms with Gasteiger partial charge >= 0.3 is 0 Å². The van der Waals surface area contributed by atoms with E-state index in [9.17, 15) is 0 Å². The van der Waals surface area contributed by atoms with Gasteiger partial charge in [-0.25, -0.2) is 4.98 Å². The van der Waals surface area contributed by atoms with Crippen LogP contribution in [0.15, 0.2) is 36.5 Å². The van der Waals surface area contributed by atoms with Gasteiger partial charge in [-0.3, -0.25) is 0 Å². The fourth-order valence-corrected chi connectivity index (χ4v) is 5.86. The summed E-state index contributed by atoms with van der Waals surface area (Å²) in [5.41, 5.74) is 2.76. The van der Waals surface area contributed by atoms with E-state index in [4.69, 9.17) is 4.98 Å². The molecule has 0 fully saturated rings. The van der Waals surface area contributed by atoms with E-state index >= 15 is 0 Å². The quantitative estimate of drug-likeness (QED) is 0.104. The molecule has 0 aliphatic heterocycles. The molecular weight excluding hydrogens is 472 g/mol. The third-order valence-corrected chi connectivity index (χ3v) is 8.41. The first-order chi connectivity index (χ1) is 19.3. The lowest BCUT2D eigenvalue weighted by atomic mass is 10.0. The highest BCUT2D eigenvalue weighted by molar-refractivity contribution is 5.15. The van der Waals surface area contributed by atoms with Crippen LogP contribution >= 0.6 is 0 Å². The lowest BCUT2D eigenvalue weighted by Crippen LogP contribution is -2.03. The van der Waals surface area contributed by atoms with Crippen LogP contribution in [0.5, 0.6) is 0 Å². The second-order valence-corrected chi connectivity index (χ2v) is 12.1. The number of rotatable bonds is 27. The molecule has 0 unspecified atom stereocenters. The standard InChI is InChI=1S/C37H64N2/c1-3-5-7-9-11-12-13-14-15-16-17-18-19-20-25-32-37-38-36(31-27-30-35-28-23-22-24-29-35)34-39(37)33-26-21-10-8-6-4-2/h22-24,28-29,34H,3-21,25-27,30-33H2,1-2H3. The minimum atomic E-state index is 1.10. The van der Waals surface area contributed by atoms with Gasteiger partial charge in [0.05, 0.1) is 5.69 Å². The number of nitrogens with zero attached hydrogens (tertiary/aromatic N) is 2. The van der Waals surface area contributed by atoms with Gasteiger partial charge in [0.25, 0.3) is 0 Å². The molecule has 0 amide bonds. The van der Waals surface area contributed by atoms with E-state index in [2.05, 4.69) is 54.9 Å². The molecule has 39 heavy (non-hydrogen) atoms. The summed E-state index contributed by atoms with van der Waals surface area (Å²) in [4.78, 5) is 5.14. The normalized spacial score (nSPS) is 11.4. The number of hydrogen-bond acceptors (Lipinski definition) is 1. The smallest absolute Gasteiger partial charge is 0.108 e. The lowest BCUT2D eigenvalue weighted by molar-refractivity contribution is 0.524. The predicted molar refractivity (Wildman–Crippen MR) is 173 cm³/mol. The summed E-state index contributed by atoms with van der Waals surface area (Å²) in [6.45, 7) is 5.76. The molecule has 0 N–H and O–H groups in total. The fraction of sp³-hybridized carbons (Fsp3) is 0.757. The van der Waals surface area contributed by atoms with Crippen LogP contribution in [0.3, 0.4) is 0 Å². The minimum Gasteiger partial charge on any atom is -0.335 e. The molecule has 1 aromatic heterocycles. The number of aryl methyl sites for hydroxylation is 4. The summed E-state index contributed by atoms with van der Waals surface area (Å²) in [6.07, 6.45) is 36.6. The van der Waals surface area contributed by atoms with E-state index in [1.165, 1.54) is 158 Å². The molecule has 2 aromatic rings. The van der Waals surface area contributed by atoms with Crippen molar-refractivity contribution in [1.82, 2.24) is 9.55 Å². The highest BCUT2D eigenvalue weighted by Crippen LogP contribution is 2.16. The summed E-state index contributed by atoms with van der Waals surface area (Å²) in [5.74, 6) is 1.35.